The van der Waals surface area contributed by atoms with Crippen molar-refractivity contribution in [2.24, 2.45) is 0 Å². The summed E-state index contributed by atoms with van der Waals surface area (Å²) in [4.78, 5) is 23.7. The Morgan fingerprint density at radius 1 is 1.12 bits per heavy atom. The van der Waals surface area contributed by atoms with Gasteiger partial charge in [-0.15, -0.1) is 0 Å². The van der Waals surface area contributed by atoms with Crippen molar-refractivity contribution in [3.05, 3.63) is 56.6 Å². The third kappa shape index (κ3) is 1.65. The minimum absolute atomic E-state index is 0.212. The molecule has 0 aliphatic heterocycles. The van der Waals surface area contributed by atoms with Gasteiger partial charge >= 0.3 is 0 Å². The number of rotatable bonds is 1. The summed E-state index contributed by atoms with van der Waals surface area (Å²) < 4.78 is 1.25. The molecule has 0 fully saturated rings. The van der Waals surface area contributed by atoms with Gasteiger partial charge in [0, 0.05) is 18.0 Å². The van der Waals surface area contributed by atoms with Gasteiger partial charge in [-0.05, 0) is 31.4 Å². The first-order chi connectivity index (χ1) is 7.63. The average molecular weight is 215 g/mol. The lowest BCUT2D eigenvalue weighted by molar-refractivity contribution is 0.710. The van der Waals surface area contributed by atoms with Crippen LogP contribution in [0.5, 0.6) is 0 Å². The zero-order chi connectivity index (χ0) is 11.7. The van der Waals surface area contributed by atoms with Crippen LogP contribution in [0.1, 0.15) is 12.5 Å². The van der Waals surface area contributed by atoms with E-state index in [1.807, 2.05) is 25.1 Å². The van der Waals surface area contributed by atoms with Crippen LogP contribution in [0.3, 0.4) is 0 Å². The molecule has 0 atom stereocenters. The van der Waals surface area contributed by atoms with Crippen LogP contribution in [0.2, 0.25) is 0 Å². The maximum atomic E-state index is 12.1. The predicted octanol–water partition coefficient (Wildman–Crippen LogP) is 1.69. The molecule has 82 valence electrons. The lowest BCUT2D eigenvalue weighted by Gasteiger charge is -1.97. The molecule has 0 N–H and O–H groups in total. The van der Waals surface area contributed by atoms with Crippen LogP contribution in [0.15, 0.2) is 39.9 Å². The van der Waals surface area contributed by atoms with E-state index in [-0.39, 0.29) is 11.1 Å². The number of nitrogens with zero attached hydrogens (tertiary/aromatic N) is 1. The summed E-state index contributed by atoms with van der Waals surface area (Å²) in [7, 11) is 0. The quantitative estimate of drug-likeness (QED) is 0.726. The van der Waals surface area contributed by atoms with Crippen molar-refractivity contribution >= 4 is 10.8 Å². The minimum Gasteiger partial charge on any atom is -0.275 e. The Kier molecular flexibility index (Phi) is 2.60. The number of hydrogen-bond acceptors (Lipinski definition) is 2. The fraction of sp³-hybridized carbons (Fsp3) is 0.231. The van der Waals surface area contributed by atoms with Crippen LogP contribution in [0.4, 0.5) is 0 Å². The van der Waals surface area contributed by atoms with E-state index in [0.717, 1.165) is 10.9 Å². The van der Waals surface area contributed by atoms with E-state index in [1.54, 1.807) is 13.0 Å². The zero-order valence-corrected chi connectivity index (χ0v) is 9.36. The highest BCUT2D eigenvalue weighted by molar-refractivity contribution is 5.81. The lowest BCUT2D eigenvalue weighted by Crippen LogP contribution is -2.28. The molecule has 0 saturated carbocycles. The second-order valence-electron chi connectivity index (χ2n) is 3.81. The first-order valence-electron chi connectivity index (χ1n) is 5.28. The highest BCUT2D eigenvalue weighted by atomic mass is 16.2. The molecule has 1 aromatic heterocycles. The molecule has 16 heavy (non-hydrogen) atoms. The summed E-state index contributed by atoms with van der Waals surface area (Å²) in [6.07, 6.45) is 0. The SMILES string of the molecule is CCn1c(=O)ccc2ccc(C)cc2c1=O. The maximum absolute atomic E-state index is 12.1. The van der Waals surface area contributed by atoms with E-state index >= 15 is 0 Å². The number of fused-ring (bicyclic) bond motifs is 1. The molecule has 2 aromatic rings. The second kappa shape index (κ2) is 3.93. The summed E-state index contributed by atoms with van der Waals surface area (Å²) >= 11 is 0. The lowest BCUT2D eigenvalue weighted by atomic mass is 10.1. The van der Waals surface area contributed by atoms with Crippen molar-refractivity contribution in [3.8, 4) is 0 Å². The van der Waals surface area contributed by atoms with E-state index in [4.69, 9.17) is 0 Å². The average Bonchev–Trinajstić information content (AvgIpc) is 2.38. The van der Waals surface area contributed by atoms with Crippen LogP contribution in [-0.2, 0) is 6.54 Å². The third-order valence-corrected chi connectivity index (χ3v) is 2.67. The molecular weight excluding hydrogens is 202 g/mol. The van der Waals surface area contributed by atoms with Crippen molar-refractivity contribution in [2.45, 2.75) is 20.4 Å². The Balaban J connectivity index is 3.06. The Hall–Kier alpha value is -1.90. The molecule has 3 nitrogen and oxygen atoms in total. The van der Waals surface area contributed by atoms with E-state index in [2.05, 4.69) is 0 Å². The van der Waals surface area contributed by atoms with Gasteiger partial charge < -0.3 is 0 Å². The number of benzene rings is 1. The molecule has 0 amide bonds. The van der Waals surface area contributed by atoms with Gasteiger partial charge in [-0.3, -0.25) is 14.2 Å². The predicted molar refractivity (Wildman–Crippen MR) is 64.9 cm³/mol. The molecule has 0 bridgehead atoms. The first-order valence-corrected chi connectivity index (χ1v) is 5.28. The van der Waals surface area contributed by atoms with Crippen LogP contribution in [-0.4, -0.2) is 4.57 Å². The van der Waals surface area contributed by atoms with Crippen LogP contribution >= 0.6 is 0 Å². The monoisotopic (exact) mass is 215 g/mol. The first kappa shape index (κ1) is 10.6. The molecule has 2 rings (SSSR count). The van der Waals surface area contributed by atoms with Gasteiger partial charge in [0.15, 0.2) is 0 Å². The molecule has 0 unspecified atom stereocenters. The van der Waals surface area contributed by atoms with Crippen molar-refractivity contribution < 1.29 is 0 Å². The Bertz CT molecular complexity index is 656. The Morgan fingerprint density at radius 3 is 2.50 bits per heavy atom. The summed E-state index contributed by atoms with van der Waals surface area (Å²) in [5.41, 5.74) is 0.559. The van der Waals surface area contributed by atoms with Gasteiger partial charge in [0.2, 0.25) is 0 Å². The van der Waals surface area contributed by atoms with Crippen LogP contribution in [0.25, 0.3) is 10.8 Å². The van der Waals surface area contributed by atoms with E-state index < -0.39 is 0 Å². The summed E-state index contributed by atoms with van der Waals surface area (Å²) in [5.74, 6) is 0. The Labute approximate surface area is 93.0 Å². The summed E-state index contributed by atoms with van der Waals surface area (Å²) in [5, 5.41) is 1.41. The van der Waals surface area contributed by atoms with Gasteiger partial charge in [0.25, 0.3) is 11.1 Å². The van der Waals surface area contributed by atoms with E-state index in [1.165, 1.54) is 10.6 Å². The number of aromatic nitrogens is 1. The topological polar surface area (TPSA) is 39.1 Å². The highest BCUT2D eigenvalue weighted by Crippen LogP contribution is 2.09. The smallest absolute Gasteiger partial charge is 0.261 e. The number of hydrogen-bond donors (Lipinski definition) is 0. The Morgan fingerprint density at radius 2 is 1.81 bits per heavy atom. The van der Waals surface area contributed by atoms with Crippen LogP contribution < -0.4 is 11.1 Å². The maximum Gasteiger partial charge on any atom is 0.261 e. The van der Waals surface area contributed by atoms with E-state index in [9.17, 15) is 9.59 Å². The van der Waals surface area contributed by atoms with Crippen molar-refractivity contribution in [1.29, 1.82) is 0 Å². The third-order valence-electron chi connectivity index (χ3n) is 2.67. The molecule has 0 spiro atoms. The minimum atomic E-state index is -0.249. The molecule has 0 aliphatic carbocycles. The van der Waals surface area contributed by atoms with E-state index in [0.29, 0.717) is 11.9 Å². The summed E-state index contributed by atoms with van der Waals surface area (Å²) in [6, 6.07) is 8.77. The molecule has 0 saturated heterocycles. The summed E-state index contributed by atoms with van der Waals surface area (Å²) in [6.45, 7) is 4.13. The number of aryl methyl sites for hydroxylation is 1. The van der Waals surface area contributed by atoms with Gasteiger partial charge in [-0.2, -0.15) is 0 Å². The van der Waals surface area contributed by atoms with Crippen LogP contribution in [0, 0.1) is 6.92 Å². The largest absolute Gasteiger partial charge is 0.275 e. The van der Waals surface area contributed by atoms with Gasteiger partial charge in [0.05, 0.1) is 0 Å². The normalized spacial score (nSPS) is 10.6. The molecule has 1 heterocycles. The molecule has 0 aliphatic rings. The van der Waals surface area contributed by atoms with Crippen molar-refractivity contribution in [2.75, 3.05) is 0 Å². The van der Waals surface area contributed by atoms with Crippen molar-refractivity contribution in [1.82, 2.24) is 4.57 Å². The zero-order valence-electron chi connectivity index (χ0n) is 9.36. The van der Waals surface area contributed by atoms with Gasteiger partial charge in [0.1, 0.15) is 0 Å². The fourth-order valence-electron chi connectivity index (χ4n) is 1.80. The molecule has 1 aromatic carbocycles. The standard InChI is InChI=1S/C13H13NO2/c1-3-14-12(15)7-6-10-5-4-9(2)8-11(10)13(14)16/h4-8H,3H2,1-2H3. The fourth-order valence-corrected chi connectivity index (χ4v) is 1.80. The molecular formula is C13H13NO2. The van der Waals surface area contributed by atoms with Gasteiger partial charge in [-0.1, -0.05) is 17.7 Å². The highest BCUT2D eigenvalue weighted by Gasteiger charge is 2.02. The molecule has 0 radical (unpaired) electrons. The van der Waals surface area contributed by atoms with Gasteiger partial charge in [-0.25, -0.2) is 0 Å². The molecule has 3 heteroatoms. The van der Waals surface area contributed by atoms with Crippen molar-refractivity contribution in [3.63, 3.8) is 0 Å². The second-order valence-corrected chi connectivity index (χ2v) is 3.81.